The molecule has 0 aliphatic rings. The minimum Gasteiger partial charge on any atom is -0.491 e. The van der Waals surface area contributed by atoms with Gasteiger partial charge in [-0.1, -0.05) is 24.3 Å². The fourth-order valence-corrected chi connectivity index (χ4v) is 3.96. The van der Waals surface area contributed by atoms with E-state index >= 15 is 0 Å². The van der Waals surface area contributed by atoms with E-state index < -0.39 is 0 Å². The van der Waals surface area contributed by atoms with Gasteiger partial charge in [0.2, 0.25) is 0 Å². The fourth-order valence-electron chi connectivity index (χ4n) is 2.32. The number of carbonyl (C=O) groups is 1. The molecule has 0 saturated heterocycles. The number of aromatic nitrogens is 1. The highest BCUT2D eigenvalue weighted by molar-refractivity contribution is 7.21. The molecule has 0 saturated carbocycles. The molecule has 6 heteroatoms. The quantitative estimate of drug-likeness (QED) is 0.669. The molecule has 2 heterocycles. The maximum Gasteiger partial charge on any atom is 0.263 e. The molecule has 0 radical (unpaired) electrons. The Labute approximate surface area is 149 Å². The number of aryl methyl sites for hydroxylation is 2. The van der Waals surface area contributed by atoms with Crippen LogP contribution in [0.5, 0.6) is 5.75 Å². The molecular formula is C18H18N2O2S2. The Morgan fingerprint density at radius 3 is 2.71 bits per heavy atom. The SMILES string of the molecule is Cc1cccc(C)c1OCCNC(=O)c1cnc(-c2cccs2)s1. The van der Waals surface area contributed by atoms with Gasteiger partial charge in [-0.2, -0.15) is 0 Å². The molecular weight excluding hydrogens is 340 g/mol. The maximum absolute atomic E-state index is 12.2. The third kappa shape index (κ3) is 3.83. The average molecular weight is 358 g/mol. The van der Waals surface area contributed by atoms with Crippen molar-refractivity contribution in [3.63, 3.8) is 0 Å². The molecule has 1 N–H and O–H groups in total. The number of nitrogens with one attached hydrogen (secondary N) is 1. The summed E-state index contributed by atoms with van der Waals surface area (Å²) >= 11 is 3.02. The zero-order valence-electron chi connectivity index (χ0n) is 13.5. The van der Waals surface area contributed by atoms with Gasteiger partial charge >= 0.3 is 0 Å². The third-order valence-electron chi connectivity index (χ3n) is 3.50. The number of carbonyl (C=O) groups excluding carboxylic acids is 1. The molecule has 0 atom stereocenters. The Balaban J connectivity index is 1.51. The summed E-state index contributed by atoms with van der Waals surface area (Å²) in [7, 11) is 0. The van der Waals surface area contributed by atoms with Crippen LogP contribution in [0.1, 0.15) is 20.8 Å². The van der Waals surface area contributed by atoms with Gasteiger partial charge < -0.3 is 10.1 Å². The molecule has 24 heavy (non-hydrogen) atoms. The highest BCUT2D eigenvalue weighted by atomic mass is 32.1. The summed E-state index contributed by atoms with van der Waals surface area (Å²) in [5.41, 5.74) is 2.20. The highest BCUT2D eigenvalue weighted by Crippen LogP contribution is 2.28. The second-order valence-electron chi connectivity index (χ2n) is 5.33. The van der Waals surface area contributed by atoms with Crippen molar-refractivity contribution in [2.75, 3.05) is 13.2 Å². The van der Waals surface area contributed by atoms with Crippen molar-refractivity contribution in [1.29, 1.82) is 0 Å². The van der Waals surface area contributed by atoms with E-state index in [0.717, 1.165) is 26.8 Å². The number of hydrogen-bond acceptors (Lipinski definition) is 5. The van der Waals surface area contributed by atoms with Gasteiger partial charge in [0.25, 0.3) is 5.91 Å². The monoisotopic (exact) mass is 358 g/mol. The fraction of sp³-hybridized carbons (Fsp3) is 0.222. The van der Waals surface area contributed by atoms with Gasteiger partial charge in [-0.25, -0.2) is 4.98 Å². The molecule has 0 aliphatic heterocycles. The van der Waals surface area contributed by atoms with E-state index in [1.807, 2.05) is 49.6 Å². The van der Waals surface area contributed by atoms with Gasteiger partial charge in [0.05, 0.1) is 17.6 Å². The summed E-state index contributed by atoms with van der Waals surface area (Å²) in [5.74, 6) is 0.782. The lowest BCUT2D eigenvalue weighted by atomic mass is 10.1. The minimum absolute atomic E-state index is 0.111. The molecule has 1 aromatic carbocycles. The number of hydrogen-bond donors (Lipinski definition) is 1. The van der Waals surface area contributed by atoms with E-state index in [1.165, 1.54) is 11.3 Å². The standard InChI is InChI=1S/C18H18N2O2S2/c1-12-5-3-6-13(2)16(12)22-9-8-19-17(21)15-11-20-18(24-15)14-7-4-10-23-14/h3-7,10-11H,8-9H2,1-2H3,(H,19,21). The molecule has 3 rings (SSSR count). The first-order valence-electron chi connectivity index (χ1n) is 7.62. The largest absolute Gasteiger partial charge is 0.491 e. The van der Waals surface area contributed by atoms with Crippen molar-refractivity contribution in [1.82, 2.24) is 10.3 Å². The molecule has 3 aromatic rings. The van der Waals surface area contributed by atoms with Crippen molar-refractivity contribution in [2.45, 2.75) is 13.8 Å². The zero-order chi connectivity index (χ0) is 16.9. The number of ether oxygens (including phenoxy) is 1. The molecule has 0 fully saturated rings. The van der Waals surface area contributed by atoms with Gasteiger partial charge in [0.1, 0.15) is 22.2 Å². The molecule has 4 nitrogen and oxygen atoms in total. The molecule has 124 valence electrons. The van der Waals surface area contributed by atoms with Gasteiger partial charge in [-0.15, -0.1) is 22.7 Å². The number of thiophene rings is 1. The van der Waals surface area contributed by atoms with Crippen LogP contribution in [0.25, 0.3) is 9.88 Å². The molecule has 1 amide bonds. The van der Waals surface area contributed by atoms with Crippen molar-refractivity contribution in [2.24, 2.45) is 0 Å². The van der Waals surface area contributed by atoms with E-state index in [2.05, 4.69) is 10.3 Å². The lowest BCUT2D eigenvalue weighted by Gasteiger charge is -2.12. The molecule has 0 spiro atoms. The molecule has 0 unspecified atom stereocenters. The Morgan fingerprint density at radius 1 is 1.21 bits per heavy atom. The lowest BCUT2D eigenvalue weighted by molar-refractivity contribution is 0.0951. The second-order valence-corrected chi connectivity index (χ2v) is 7.31. The van der Waals surface area contributed by atoms with Crippen LogP contribution in [0.15, 0.2) is 41.9 Å². The van der Waals surface area contributed by atoms with Gasteiger partial charge in [-0.05, 0) is 36.4 Å². The summed E-state index contributed by atoms with van der Waals surface area (Å²) < 4.78 is 5.79. The smallest absolute Gasteiger partial charge is 0.263 e. The Hall–Kier alpha value is -2.18. The number of nitrogens with zero attached hydrogens (tertiary/aromatic N) is 1. The molecule has 0 bridgehead atoms. The number of benzene rings is 1. The number of rotatable bonds is 6. The van der Waals surface area contributed by atoms with Crippen molar-refractivity contribution in [3.8, 4) is 15.6 Å². The summed E-state index contributed by atoms with van der Waals surface area (Å²) in [6, 6.07) is 10.0. The second kappa shape index (κ2) is 7.59. The topological polar surface area (TPSA) is 51.2 Å². The highest BCUT2D eigenvalue weighted by Gasteiger charge is 2.12. The number of thiazole rings is 1. The minimum atomic E-state index is -0.111. The summed E-state index contributed by atoms with van der Waals surface area (Å²) in [6.07, 6.45) is 1.63. The van der Waals surface area contributed by atoms with Crippen molar-refractivity contribution in [3.05, 3.63) is 57.9 Å². The van der Waals surface area contributed by atoms with E-state index in [4.69, 9.17) is 4.74 Å². The van der Waals surface area contributed by atoms with Crippen LogP contribution in [0.3, 0.4) is 0 Å². The van der Waals surface area contributed by atoms with Crippen LogP contribution < -0.4 is 10.1 Å². The Kier molecular flexibility index (Phi) is 5.27. The van der Waals surface area contributed by atoms with Crippen LogP contribution in [-0.4, -0.2) is 24.0 Å². The van der Waals surface area contributed by atoms with Gasteiger partial charge in [0, 0.05) is 0 Å². The first-order valence-corrected chi connectivity index (χ1v) is 9.31. The lowest BCUT2D eigenvalue weighted by Crippen LogP contribution is -2.27. The van der Waals surface area contributed by atoms with Crippen molar-refractivity contribution < 1.29 is 9.53 Å². The van der Waals surface area contributed by atoms with Crippen molar-refractivity contribution >= 4 is 28.6 Å². The van der Waals surface area contributed by atoms with Crippen LogP contribution in [0.2, 0.25) is 0 Å². The van der Waals surface area contributed by atoms with Crippen LogP contribution in [-0.2, 0) is 0 Å². The number of para-hydroxylation sites is 1. The summed E-state index contributed by atoms with van der Waals surface area (Å²) in [5, 5.41) is 5.75. The summed E-state index contributed by atoms with van der Waals surface area (Å²) in [6.45, 7) is 4.93. The van der Waals surface area contributed by atoms with Crippen LogP contribution in [0.4, 0.5) is 0 Å². The van der Waals surface area contributed by atoms with E-state index in [0.29, 0.717) is 18.0 Å². The molecule has 0 aliphatic carbocycles. The van der Waals surface area contributed by atoms with E-state index in [9.17, 15) is 4.79 Å². The van der Waals surface area contributed by atoms with Crippen LogP contribution >= 0.6 is 22.7 Å². The first kappa shape index (κ1) is 16.7. The first-order chi connectivity index (χ1) is 11.6. The predicted molar refractivity (Wildman–Crippen MR) is 99.2 cm³/mol. The van der Waals surface area contributed by atoms with E-state index in [-0.39, 0.29) is 5.91 Å². The predicted octanol–water partition coefficient (Wildman–Crippen LogP) is 4.30. The number of amides is 1. The van der Waals surface area contributed by atoms with E-state index in [1.54, 1.807) is 17.5 Å². The normalized spacial score (nSPS) is 10.6. The van der Waals surface area contributed by atoms with Gasteiger partial charge in [-0.3, -0.25) is 4.79 Å². The summed E-state index contributed by atoms with van der Waals surface area (Å²) in [4.78, 5) is 18.2. The Morgan fingerprint density at radius 2 is 2.00 bits per heavy atom. The average Bonchev–Trinajstić information content (AvgIpc) is 3.24. The van der Waals surface area contributed by atoms with Gasteiger partial charge in [0.15, 0.2) is 0 Å². The Bertz CT molecular complexity index is 805. The zero-order valence-corrected chi connectivity index (χ0v) is 15.2. The maximum atomic E-state index is 12.2. The molecule has 2 aromatic heterocycles. The van der Waals surface area contributed by atoms with Crippen LogP contribution in [0, 0.1) is 13.8 Å². The third-order valence-corrected chi connectivity index (χ3v) is 5.54.